The van der Waals surface area contributed by atoms with Crippen LogP contribution in [0.1, 0.15) is 33.4 Å². The third-order valence-corrected chi connectivity index (χ3v) is 9.16. The molecule has 0 saturated carbocycles. The van der Waals surface area contributed by atoms with Crippen LogP contribution in [0.2, 0.25) is 0 Å². The van der Waals surface area contributed by atoms with Crippen molar-refractivity contribution < 1.29 is 29.9 Å². The van der Waals surface area contributed by atoms with Gasteiger partial charge in [0.2, 0.25) is 0 Å². The van der Waals surface area contributed by atoms with Crippen LogP contribution in [0.5, 0.6) is 0 Å². The third kappa shape index (κ3) is 7.18. The molecule has 6 heteroatoms. The maximum Gasteiger partial charge on any atom is 0.143 e. The summed E-state index contributed by atoms with van der Waals surface area (Å²) in [5.74, 6) is 0. The van der Waals surface area contributed by atoms with E-state index >= 15 is 0 Å². The fourth-order valence-electron chi connectivity index (χ4n) is 6.61. The first-order chi connectivity index (χ1) is 24.5. The first-order valence-electron chi connectivity index (χ1n) is 16.8. The molecule has 254 valence electrons. The lowest BCUT2D eigenvalue weighted by molar-refractivity contribution is -0.151. The lowest BCUT2D eigenvalue weighted by Gasteiger charge is -2.38. The van der Waals surface area contributed by atoms with Crippen molar-refractivity contribution in [2.24, 2.45) is 0 Å². The highest BCUT2D eigenvalue weighted by atomic mass is 16.5. The van der Waals surface area contributed by atoms with Crippen LogP contribution in [0.25, 0.3) is 0 Å². The zero-order valence-corrected chi connectivity index (χ0v) is 27.6. The summed E-state index contributed by atoms with van der Waals surface area (Å²) in [5.41, 5.74) is 2.67. The van der Waals surface area contributed by atoms with Crippen molar-refractivity contribution in [3.8, 4) is 0 Å². The third-order valence-electron chi connectivity index (χ3n) is 9.16. The molecule has 0 radical (unpaired) electrons. The molecule has 0 unspecified atom stereocenters. The highest BCUT2D eigenvalue weighted by molar-refractivity contribution is 5.49. The molecule has 0 aliphatic heterocycles. The van der Waals surface area contributed by atoms with Crippen molar-refractivity contribution in [2.45, 2.75) is 35.6 Å². The molecule has 0 spiro atoms. The zero-order chi connectivity index (χ0) is 34.8. The molecule has 6 nitrogen and oxygen atoms in total. The molecule has 0 aromatic heterocycles. The fourth-order valence-corrected chi connectivity index (χ4v) is 6.61. The number of aliphatic hydroxyl groups excluding tert-OH is 4. The second kappa shape index (κ2) is 16.2. The summed E-state index contributed by atoms with van der Waals surface area (Å²) >= 11 is 0. The van der Waals surface area contributed by atoms with Gasteiger partial charge in [-0.2, -0.15) is 0 Å². The van der Waals surface area contributed by atoms with E-state index in [1.54, 1.807) is 0 Å². The molecule has 6 rings (SSSR count). The second-order valence-corrected chi connectivity index (χ2v) is 12.3. The van der Waals surface area contributed by atoms with Crippen LogP contribution in [0, 0.1) is 0 Å². The Bertz CT molecular complexity index is 1520. The van der Waals surface area contributed by atoms with Gasteiger partial charge in [0.25, 0.3) is 0 Å². The van der Waals surface area contributed by atoms with Crippen LogP contribution in [-0.4, -0.2) is 58.1 Å². The van der Waals surface area contributed by atoms with E-state index < -0.39 is 35.6 Å². The van der Waals surface area contributed by atoms with E-state index in [-0.39, 0.29) is 13.2 Å². The van der Waals surface area contributed by atoms with Crippen LogP contribution in [-0.2, 0) is 20.7 Å². The minimum Gasteiger partial charge on any atom is -0.388 e. The van der Waals surface area contributed by atoms with E-state index in [0.717, 1.165) is 33.4 Å². The van der Waals surface area contributed by atoms with Crippen molar-refractivity contribution in [3.63, 3.8) is 0 Å². The Morgan fingerprint density at radius 3 is 0.680 bits per heavy atom. The summed E-state index contributed by atoms with van der Waals surface area (Å²) in [6.07, 6.45) is -6.63. The molecular weight excluding hydrogens is 624 g/mol. The van der Waals surface area contributed by atoms with E-state index in [2.05, 4.69) is 0 Å². The molecule has 0 fully saturated rings. The molecule has 0 amide bonds. The number of ether oxygens (including phenoxy) is 2. The highest BCUT2D eigenvalue weighted by Crippen LogP contribution is 2.42. The maximum absolute atomic E-state index is 11.3. The minimum atomic E-state index is -1.76. The van der Waals surface area contributed by atoms with Gasteiger partial charge in [0.15, 0.2) is 0 Å². The Morgan fingerprint density at radius 1 is 0.320 bits per heavy atom. The minimum absolute atomic E-state index is 0.355. The molecule has 0 aliphatic rings. The van der Waals surface area contributed by atoms with Crippen LogP contribution in [0.3, 0.4) is 0 Å². The van der Waals surface area contributed by atoms with Gasteiger partial charge in [-0.05, 0) is 33.4 Å². The normalized spacial score (nSPS) is 14.4. The van der Waals surface area contributed by atoms with E-state index in [1.807, 2.05) is 182 Å². The second-order valence-electron chi connectivity index (χ2n) is 12.3. The SMILES string of the molecule is O[C@@H]([C@H](O)[C@H](O)COC(c1ccccc1)(c1ccccc1)c1ccccc1)[C@H](O)COC(c1ccccc1)(c1ccccc1)c1ccccc1. The summed E-state index contributed by atoms with van der Waals surface area (Å²) < 4.78 is 13.3. The molecule has 0 bridgehead atoms. The maximum atomic E-state index is 11.3. The van der Waals surface area contributed by atoms with Gasteiger partial charge < -0.3 is 29.9 Å². The number of aliphatic hydroxyl groups is 4. The van der Waals surface area contributed by atoms with Gasteiger partial charge in [0.05, 0.1) is 13.2 Å². The summed E-state index contributed by atoms with van der Waals surface area (Å²) in [6.45, 7) is -0.709. The van der Waals surface area contributed by atoms with Crippen LogP contribution in [0.15, 0.2) is 182 Å². The molecule has 4 N–H and O–H groups in total. The van der Waals surface area contributed by atoms with Crippen LogP contribution < -0.4 is 0 Å². The Labute approximate surface area is 293 Å². The Balaban J connectivity index is 1.25. The number of hydrogen-bond acceptors (Lipinski definition) is 6. The standard InChI is InChI=1S/C44H42O6/c45-39(31-49-43(33-19-7-1-8-20-33,34-21-9-2-10-22-34)35-23-11-3-12-24-35)41(47)42(48)40(46)32-50-44(36-25-13-4-14-26-36,37-27-15-5-16-28-37)38-29-17-6-18-30-38/h1-30,39-42,45-48H,31-32H2/t39-,40-,41-,42-/m1/s1. The molecule has 4 atom stereocenters. The van der Waals surface area contributed by atoms with Gasteiger partial charge in [-0.15, -0.1) is 0 Å². The van der Waals surface area contributed by atoms with Gasteiger partial charge in [0.1, 0.15) is 35.6 Å². The van der Waals surface area contributed by atoms with Crippen molar-refractivity contribution in [1.29, 1.82) is 0 Å². The molecule has 0 heterocycles. The highest BCUT2D eigenvalue weighted by Gasteiger charge is 2.42. The lowest BCUT2D eigenvalue weighted by atomic mass is 9.80. The van der Waals surface area contributed by atoms with Crippen molar-refractivity contribution in [1.82, 2.24) is 0 Å². The first-order valence-corrected chi connectivity index (χ1v) is 16.8. The molecule has 50 heavy (non-hydrogen) atoms. The van der Waals surface area contributed by atoms with Crippen LogP contribution >= 0.6 is 0 Å². The van der Waals surface area contributed by atoms with Gasteiger partial charge in [-0.25, -0.2) is 0 Å². The summed E-state index contributed by atoms with van der Waals surface area (Å²) in [6, 6.07) is 58.1. The monoisotopic (exact) mass is 666 g/mol. The average Bonchev–Trinajstić information content (AvgIpc) is 3.20. The number of rotatable bonds is 15. The van der Waals surface area contributed by atoms with Gasteiger partial charge >= 0.3 is 0 Å². The molecule has 6 aromatic carbocycles. The zero-order valence-electron chi connectivity index (χ0n) is 27.6. The first kappa shape index (κ1) is 34.9. The largest absolute Gasteiger partial charge is 0.388 e. The quantitative estimate of drug-likeness (QED) is 0.0942. The van der Waals surface area contributed by atoms with E-state index in [9.17, 15) is 20.4 Å². The molecular formula is C44H42O6. The summed E-state index contributed by atoms with van der Waals surface area (Å²) in [5, 5.41) is 45.1. The Kier molecular flexibility index (Phi) is 11.3. The molecule has 0 aliphatic carbocycles. The van der Waals surface area contributed by atoms with Gasteiger partial charge in [-0.3, -0.25) is 0 Å². The van der Waals surface area contributed by atoms with E-state index in [1.165, 1.54) is 0 Å². The van der Waals surface area contributed by atoms with E-state index in [4.69, 9.17) is 9.47 Å². The number of hydrogen-bond donors (Lipinski definition) is 4. The summed E-state index contributed by atoms with van der Waals surface area (Å²) in [7, 11) is 0. The van der Waals surface area contributed by atoms with Crippen molar-refractivity contribution in [3.05, 3.63) is 215 Å². The average molecular weight is 667 g/mol. The Hall–Kier alpha value is -4.92. The predicted molar refractivity (Wildman–Crippen MR) is 194 cm³/mol. The fraction of sp³-hybridized carbons (Fsp3) is 0.182. The van der Waals surface area contributed by atoms with Crippen molar-refractivity contribution in [2.75, 3.05) is 13.2 Å². The molecule has 6 aromatic rings. The van der Waals surface area contributed by atoms with E-state index in [0.29, 0.717) is 0 Å². The van der Waals surface area contributed by atoms with Crippen LogP contribution in [0.4, 0.5) is 0 Å². The topological polar surface area (TPSA) is 99.4 Å². The van der Waals surface area contributed by atoms with Gasteiger partial charge in [-0.1, -0.05) is 182 Å². The smallest absolute Gasteiger partial charge is 0.143 e. The van der Waals surface area contributed by atoms with Gasteiger partial charge in [0, 0.05) is 0 Å². The molecule has 0 saturated heterocycles. The predicted octanol–water partition coefficient (Wildman–Crippen LogP) is 6.45. The number of benzene rings is 6. The lowest BCUT2D eigenvalue weighted by Crippen LogP contribution is -2.49. The Morgan fingerprint density at radius 2 is 0.500 bits per heavy atom. The summed E-state index contributed by atoms with van der Waals surface area (Å²) in [4.78, 5) is 0. The van der Waals surface area contributed by atoms with Crippen molar-refractivity contribution >= 4 is 0 Å².